The monoisotopic (exact) mass is 331 g/mol. The van der Waals surface area contributed by atoms with Crippen molar-refractivity contribution in [3.63, 3.8) is 0 Å². The van der Waals surface area contributed by atoms with Crippen LogP contribution in [0.15, 0.2) is 29.6 Å². The van der Waals surface area contributed by atoms with Crippen molar-refractivity contribution < 1.29 is 9.59 Å². The molecule has 1 heterocycles. The molecule has 0 aliphatic rings. The van der Waals surface area contributed by atoms with Gasteiger partial charge in [-0.1, -0.05) is 52.3 Å². The van der Waals surface area contributed by atoms with E-state index < -0.39 is 6.04 Å². The van der Waals surface area contributed by atoms with E-state index >= 15 is 0 Å². The highest BCUT2D eigenvalue weighted by Crippen LogP contribution is 2.26. The molecule has 1 N–H and O–H groups in total. The zero-order valence-electron chi connectivity index (χ0n) is 14.3. The molecular weight excluding hydrogens is 306 g/mol. The van der Waals surface area contributed by atoms with Crippen molar-refractivity contribution >= 4 is 33.1 Å². The first-order chi connectivity index (χ1) is 10.9. The van der Waals surface area contributed by atoms with Crippen LogP contribution in [0.5, 0.6) is 0 Å². The van der Waals surface area contributed by atoms with Crippen LogP contribution in [-0.4, -0.2) is 17.7 Å². The quantitative estimate of drug-likeness (QED) is 0.826. The first kappa shape index (κ1) is 17.7. The Bertz CT molecular complexity index is 689. The number of carbonyl (C=O) groups is 2. The zero-order chi connectivity index (χ0) is 17.0. The maximum absolute atomic E-state index is 12.5. The summed E-state index contributed by atoms with van der Waals surface area (Å²) in [5, 5.41) is 6.13. The highest BCUT2D eigenvalue weighted by Gasteiger charge is 2.27. The molecule has 1 aromatic carbocycles. The van der Waals surface area contributed by atoms with Crippen molar-refractivity contribution in [3.05, 3.63) is 35.2 Å². The molecule has 1 aromatic heterocycles. The fourth-order valence-electron chi connectivity index (χ4n) is 2.66. The van der Waals surface area contributed by atoms with Crippen LogP contribution < -0.4 is 5.32 Å². The molecule has 1 amide bonds. The molecule has 0 fully saturated rings. The summed E-state index contributed by atoms with van der Waals surface area (Å²) in [6.07, 6.45) is 1.19. The van der Waals surface area contributed by atoms with Crippen LogP contribution in [0.1, 0.15) is 39.7 Å². The largest absolute Gasteiger partial charge is 0.346 e. The number of amides is 1. The van der Waals surface area contributed by atoms with E-state index in [1.54, 1.807) is 11.3 Å². The molecule has 0 aliphatic carbocycles. The highest BCUT2D eigenvalue weighted by atomic mass is 32.1. The number of hydrogen-bond donors (Lipinski definition) is 1. The summed E-state index contributed by atoms with van der Waals surface area (Å²) in [6.45, 7) is 7.83. The number of thiophene rings is 1. The first-order valence-corrected chi connectivity index (χ1v) is 9.10. The van der Waals surface area contributed by atoms with Crippen molar-refractivity contribution in [2.24, 2.45) is 11.8 Å². The molecule has 0 saturated heterocycles. The van der Waals surface area contributed by atoms with Crippen molar-refractivity contribution in [1.29, 1.82) is 0 Å². The lowest BCUT2D eigenvalue weighted by molar-refractivity contribution is -0.130. The van der Waals surface area contributed by atoms with E-state index in [1.807, 2.05) is 51.3 Å². The Morgan fingerprint density at radius 2 is 1.87 bits per heavy atom. The van der Waals surface area contributed by atoms with E-state index in [4.69, 9.17) is 0 Å². The van der Waals surface area contributed by atoms with Gasteiger partial charge in [0.25, 0.3) is 0 Å². The van der Waals surface area contributed by atoms with Gasteiger partial charge in [0.05, 0.1) is 12.5 Å². The first-order valence-electron chi connectivity index (χ1n) is 8.22. The van der Waals surface area contributed by atoms with E-state index in [-0.39, 0.29) is 23.5 Å². The Morgan fingerprint density at radius 1 is 1.17 bits per heavy atom. The van der Waals surface area contributed by atoms with Gasteiger partial charge < -0.3 is 5.32 Å². The van der Waals surface area contributed by atoms with Crippen LogP contribution in [0, 0.1) is 11.8 Å². The number of fused-ring (bicyclic) bond motifs is 1. The minimum Gasteiger partial charge on any atom is -0.346 e. The molecule has 2 atom stereocenters. The second kappa shape index (κ2) is 7.73. The number of rotatable bonds is 7. The zero-order valence-corrected chi connectivity index (χ0v) is 15.1. The fraction of sp³-hybridized carbons (Fsp3) is 0.474. The minimum atomic E-state index is -0.391. The molecule has 124 valence electrons. The van der Waals surface area contributed by atoms with Gasteiger partial charge in [0, 0.05) is 10.6 Å². The maximum atomic E-state index is 12.5. The van der Waals surface area contributed by atoms with Crippen molar-refractivity contribution in [3.8, 4) is 0 Å². The number of Topliss-reactive ketones (excluding diaryl/α,β-unsaturated/α-hetero) is 1. The molecule has 0 radical (unpaired) electrons. The van der Waals surface area contributed by atoms with Gasteiger partial charge in [0.2, 0.25) is 5.91 Å². The molecule has 0 spiro atoms. The molecule has 0 saturated carbocycles. The van der Waals surface area contributed by atoms with Gasteiger partial charge in [-0.05, 0) is 28.3 Å². The maximum Gasteiger partial charge on any atom is 0.225 e. The molecule has 0 unspecified atom stereocenters. The molecule has 0 bridgehead atoms. The summed E-state index contributed by atoms with van der Waals surface area (Å²) in [5.74, 6) is 0.111. The lowest BCUT2D eigenvalue weighted by Gasteiger charge is -2.24. The fourth-order valence-corrected chi connectivity index (χ4v) is 3.62. The van der Waals surface area contributed by atoms with Gasteiger partial charge in [-0.3, -0.25) is 9.59 Å². The smallest absolute Gasteiger partial charge is 0.225 e. The van der Waals surface area contributed by atoms with E-state index in [1.165, 1.54) is 4.70 Å². The number of ketones is 1. The van der Waals surface area contributed by atoms with Gasteiger partial charge in [-0.2, -0.15) is 0 Å². The van der Waals surface area contributed by atoms with Crippen LogP contribution in [-0.2, 0) is 16.0 Å². The molecule has 23 heavy (non-hydrogen) atoms. The Labute approximate surface area is 142 Å². The molecular formula is C19H25NO2S. The standard InChI is InChI=1S/C19H25NO2S/c1-5-13(4)18(19(22)12(2)3)20-17(21)10-14-11-23-16-9-7-6-8-15(14)16/h6-9,11-13,18H,5,10H2,1-4H3,(H,20,21)/t13-,18-/m0/s1. The third-order valence-electron chi connectivity index (χ3n) is 4.32. The highest BCUT2D eigenvalue weighted by molar-refractivity contribution is 7.17. The van der Waals surface area contributed by atoms with Crippen molar-refractivity contribution in [2.45, 2.75) is 46.6 Å². The number of hydrogen-bond acceptors (Lipinski definition) is 3. The minimum absolute atomic E-state index is 0.0729. The Balaban J connectivity index is 2.11. The summed E-state index contributed by atoms with van der Waals surface area (Å²) in [4.78, 5) is 24.8. The van der Waals surface area contributed by atoms with Gasteiger partial charge >= 0.3 is 0 Å². The summed E-state index contributed by atoms with van der Waals surface area (Å²) in [7, 11) is 0. The summed E-state index contributed by atoms with van der Waals surface area (Å²) in [5.41, 5.74) is 1.03. The lowest BCUT2D eigenvalue weighted by atomic mass is 9.90. The van der Waals surface area contributed by atoms with E-state index in [0.717, 1.165) is 17.4 Å². The van der Waals surface area contributed by atoms with Crippen LogP contribution in [0.3, 0.4) is 0 Å². The number of nitrogens with one attached hydrogen (secondary N) is 1. The third kappa shape index (κ3) is 4.20. The SMILES string of the molecule is CC[C@H](C)[C@H](NC(=O)Cc1csc2ccccc12)C(=O)C(C)C. The Morgan fingerprint density at radius 3 is 2.52 bits per heavy atom. The van der Waals surface area contributed by atoms with Crippen LogP contribution in [0.4, 0.5) is 0 Å². The Kier molecular flexibility index (Phi) is 5.94. The molecule has 4 heteroatoms. The van der Waals surface area contributed by atoms with E-state index in [9.17, 15) is 9.59 Å². The summed E-state index contributed by atoms with van der Waals surface area (Å²) >= 11 is 1.65. The predicted octanol–water partition coefficient (Wildman–Crippen LogP) is 4.20. The Hall–Kier alpha value is -1.68. The average molecular weight is 331 g/mol. The summed E-state index contributed by atoms with van der Waals surface area (Å²) in [6, 6.07) is 7.70. The normalized spacial score (nSPS) is 14.0. The second-order valence-electron chi connectivity index (χ2n) is 6.42. The van der Waals surface area contributed by atoms with Crippen LogP contribution in [0.25, 0.3) is 10.1 Å². The van der Waals surface area contributed by atoms with Gasteiger partial charge in [-0.15, -0.1) is 11.3 Å². The second-order valence-corrected chi connectivity index (χ2v) is 7.33. The number of benzene rings is 1. The van der Waals surface area contributed by atoms with Crippen molar-refractivity contribution in [2.75, 3.05) is 0 Å². The van der Waals surface area contributed by atoms with Crippen LogP contribution >= 0.6 is 11.3 Å². The molecule has 0 aliphatic heterocycles. The molecule has 3 nitrogen and oxygen atoms in total. The van der Waals surface area contributed by atoms with Gasteiger partial charge in [0.1, 0.15) is 0 Å². The predicted molar refractivity (Wildman–Crippen MR) is 96.8 cm³/mol. The molecule has 2 aromatic rings. The number of carbonyl (C=O) groups excluding carboxylic acids is 2. The van der Waals surface area contributed by atoms with Crippen LogP contribution in [0.2, 0.25) is 0 Å². The lowest BCUT2D eigenvalue weighted by Crippen LogP contribution is -2.47. The topological polar surface area (TPSA) is 46.2 Å². The van der Waals surface area contributed by atoms with Gasteiger partial charge in [0.15, 0.2) is 5.78 Å². The molecule has 2 rings (SSSR count). The van der Waals surface area contributed by atoms with E-state index in [2.05, 4.69) is 11.4 Å². The summed E-state index contributed by atoms with van der Waals surface area (Å²) < 4.78 is 1.19. The van der Waals surface area contributed by atoms with Gasteiger partial charge in [-0.25, -0.2) is 0 Å². The third-order valence-corrected chi connectivity index (χ3v) is 5.33. The van der Waals surface area contributed by atoms with E-state index in [0.29, 0.717) is 6.42 Å². The average Bonchev–Trinajstić information content (AvgIpc) is 2.94. The van der Waals surface area contributed by atoms with Crippen molar-refractivity contribution in [1.82, 2.24) is 5.32 Å².